The van der Waals surface area contributed by atoms with Crippen LogP contribution in [-0.4, -0.2) is 37.6 Å². The summed E-state index contributed by atoms with van der Waals surface area (Å²) in [7, 11) is 1.51. The first-order valence-corrected chi connectivity index (χ1v) is 12.5. The first-order chi connectivity index (χ1) is 15.3. The maximum Gasteiger partial charge on any atom is 0.316 e. The van der Waals surface area contributed by atoms with Crippen molar-refractivity contribution in [3.8, 4) is 0 Å². The van der Waals surface area contributed by atoms with Crippen LogP contribution in [-0.2, 0) is 14.9 Å². The minimum Gasteiger partial charge on any atom is -0.468 e. The molecule has 2 aromatic rings. The summed E-state index contributed by atoms with van der Waals surface area (Å²) in [6, 6.07) is 16.9. The molecule has 1 aliphatic rings. The van der Waals surface area contributed by atoms with E-state index in [4.69, 9.17) is 4.74 Å². The second-order valence-electron chi connectivity index (χ2n) is 9.29. The molecule has 0 spiro atoms. The van der Waals surface area contributed by atoms with E-state index in [1.165, 1.54) is 23.8 Å². The number of carbonyl (C=O) groups is 1. The van der Waals surface area contributed by atoms with E-state index >= 15 is 0 Å². The summed E-state index contributed by atoms with van der Waals surface area (Å²) in [5.74, 6) is 0.0261. The molecule has 2 aromatic carbocycles. The van der Waals surface area contributed by atoms with Gasteiger partial charge in [0, 0.05) is 17.6 Å². The summed E-state index contributed by atoms with van der Waals surface area (Å²) >= 11 is 3.51. The molecule has 32 heavy (non-hydrogen) atoms. The predicted molar refractivity (Wildman–Crippen MR) is 137 cm³/mol. The number of esters is 1. The van der Waals surface area contributed by atoms with Crippen LogP contribution in [0.5, 0.6) is 0 Å². The number of methoxy groups -OCH3 is 1. The van der Waals surface area contributed by atoms with Crippen molar-refractivity contribution in [2.45, 2.75) is 51.9 Å². The Kier molecular flexibility index (Phi) is 8.72. The molecule has 1 heterocycles. The Labute approximate surface area is 202 Å². The molecule has 1 fully saturated rings. The van der Waals surface area contributed by atoms with E-state index in [-0.39, 0.29) is 11.9 Å². The molecule has 0 aliphatic carbocycles. The number of benzene rings is 2. The average Bonchev–Trinajstić information content (AvgIpc) is 2.78. The molecule has 0 bridgehead atoms. The minimum atomic E-state index is -0.610. The molecule has 0 N–H and O–H groups in total. The zero-order valence-corrected chi connectivity index (χ0v) is 21.5. The van der Waals surface area contributed by atoms with E-state index in [0.717, 1.165) is 55.4 Å². The number of piperidine rings is 1. The van der Waals surface area contributed by atoms with Crippen LogP contribution in [0, 0.1) is 12.8 Å². The van der Waals surface area contributed by atoms with E-state index in [2.05, 4.69) is 84.1 Å². The number of hydrogen-bond donors (Lipinski definition) is 0. The lowest BCUT2D eigenvalue weighted by molar-refractivity contribution is -0.150. The Bertz CT molecular complexity index is 925. The molecular weight excluding hydrogens is 462 g/mol. The quantitative estimate of drug-likeness (QED) is 0.376. The van der Waals surface area contributed by atoms with Gasteiger partial charge in [-0.3, -0.25) is 4.79 Å². The lowest BCUT2D eigenvalue weighted by Crippen LogP contribution is -2.43. The van der Waals surface area contributed by atoms with Gasteiger partial charge in [-0.2, -0.15) is 0 Å². The van der Waals surface area contributed by atoms with Crippen LogP contribution in [0.3, 0.4) is 0 Å². The minimum absolute atomic E-state index is 0.128. The number of likely N-dealkylation sites (tertiary alicyclic amines) is 1. The maximum atomic E-state index is 13.0. The first-order valence-electron chi connectivity index (χ1n) is 11.7. The monoisotopic (exact) mass is 497 g/mol. The number of carbonyl (C=O) groups excluding carboxylic acids is 1. The Morgan fingerprint density at radius 3 is 2.44 bits per heavy atom. The molecule has 1 saturated heterocycles. The van der Waals surface area contributed by atoms with Crippen LogP contribution in [0.25, 0.3) is 6.08 Å². The first kappa shape index (κ1) is 24.7. The second kappa shape index (κ2) is 11.3. The third kappa shape index (κ3) is 5.90. The van der Waals surface area contributed by atoms with Crippen LogP contribution in [0.4, 0.5) is 0 Å². The standard InChI is InChI=1S/C28H36BrNO2/c1-21(2)28(27(31)32-4,25-9-11-26(29)12-10-25)15-6-16-30-17-13-23(14-18-30)20-24-8-5-7-22(3)19-24/h5,7-12,19-21H,6,13-18H2,1-4H3. The van der Waals surface area contributed by atoms with Crippen molar-refractivity contribution >= 4 is 28.0 Å². The number of nitrogens with zero attached hydrogens (tertiary/aromatic N) is 1. The highest BCUT2D eigenvalue weighted by molar-refractivity contribution is 9.10. The lowest BCUT2D eigenvalue weighted by Gasteiger charge is -2.36. The van der Waals surface area contributed by atoms with Crippen molar-refractivity contribution in [2.75, 3.05) is 26.7 Å². The molecule has 0 amide bonds. The zero-order valence-electron chi connectivity index (χ0n) is 19.9. The molecule has 1 unspecified atom stereocenters. The Morgan fingerprint density at radius 2 is 1.84 bits per heavy atom. The Balaban J connectivity index is 1.62. The smallest absolute Gasteiger partial charge is 0.316 e. The molecular formula is C28H36BrNO2. The number of halogens is 1. The molecule has 4 heteroatoms. The number of rotatable bonds is 8. The fourth-order valence-corrected chi connectivity index (χ4v) is 5.20. The van der Waals surface area contributed by atoms with Crippen LogP contribution in [0.2, 0.25) is 0 Å². The van der Waals surface area contributed by atoms with Gasteiger partial charge in [-0.1, -0.05) is 83.4 Å². The SMILES string of the molecule is COC(=O)C(CCCN1CCC(=Cc2cccc(C)c2)CC1)(c1ccc(Br)cc1)C(C)C. The summed E-state index contributed by atoms with van der Waals surface area (Å²) < 4.78 is 6.33. The molecule has 0 radical (unpaired) electrons. The number of hydrogen-bond acceptors (Lipinski definition) is 3. The molecule has 3 rings (SSSR count). The van der Waals surface area contributed by atoms with Gasteiger partial charge < -0.3 is 9.64 Å². The molecule has 1 atom stereocenters. The molecule has 0 aromatic heterocycles. The van der Waals surface area contributed by atoms with Crippen molar-refractivity contribution in [2.24, 2.45) is 5.92 Å². The molecule has 0 saturated carbocycles. The average molecular weight is 499 g/mol. The summed E-state index contributed by atoms with van der Waals surface area (Å²) in [5, 5.41) is 0. The Morgan fingerprint density at radius 1 is 1.16 bits per heavy atom. The van der Waals surface area contributed by atoms with Crippen LogP contribution >= 0.6 is 15.9 Å². The lowest BCUT2D eigenvalue weighted by atomic mass is 9.68. The fourth-order valence-electron chi connectivity index (χ4n) is 4.94. The van der Waals surface area contributed by atoms with E-state index in [9.17, 15) is 4.79 Å². The van der Waals surface area contributed by atoms with Crippen molar-refractivity contribution in [1.82, 2.24) is 4.90 Å². The van der Waals surface area contributed by atoms with Crippen molar-refractivity contribution in [1.29, 1.82) is 0 Å². The normalized spacial score (nSPS) is 16.6. The van der Waals surface area contributed by atoms with Crippen LogP contribution < -0.4 is 0 Å². The predicted octanol–water partition coefficient (Wildman–Crippen LogP) is 6.78. The van der Waals surface area contributed by atoms with E-state index in [1.54, 1.807) is 0 Å². The summed E-state index contributed by atoms with van der Waals surface area (Å²) in [6.45, 7) is 9.58. The number of ether oxygens (including phenoxy) is 1. The van der Waals surface area contributed by atoms with Crippen molar-refractivity contribution in [3.05, 3.63) is 75.3 Å². The third-order valence-corrected chi connectivity index (χ3v) is 7.38. The molecule has 172 valence electrons. The Hall–Kier alpha value is -1.91. The van der Waals surface area contributed by atoms with Gasteiger partial charge in [0.15, 0.2) is 0 Å². The second-order valence-corrected chi connectivity index (χ2v) is 10.2. The van der Waals surface area contributed by atoms with Gasteiger partial charge in [-0.25, -0.2) is 0 Å². The topological polar surface area (TPSA) is 29.5 Å². The zero-order chi connectivity index (χ0) is 23.1. The van der Waals surface area contributed by atoms with E-state index in [1.807, 2.05) is 12.1 Å². The van der Waals surface area contributed by atoms with Crippen molar-refractivity contribution in [3.63, 3.8) is 0 Å². The van der Waals surface area contributed by atoms with Gasteiger partial charge in [-0.15, -0.1) is 0 Å². The molecule has 1 aliphatic heterocycles. The van der Waals surface area contributed by atoms with Gasteiger partial charge >= 0.3 is 5.97 Å². The van der Waals surface area contributed by atoms with E-state index in [0.29, 0.717) is 0 Å². The van der Waals surface area contributed by atoms with Gasteiger partial charge in [0.25, 0.3) is 0 Å². The highest BCUT2D eigenvalue weighted by atomic mass is 79.9. The van der Waals surface area contributed by atoms with Gasteiger partial charge in [-0.05, 0) is 68.3 Å². The number of aryl methyl sites for hydroxylation is 1. The van der Waals surface area contributed by atoms with Crippen LogP contribution in [0.1, 0.15) is 56.2 Å². The van der Waals surface area contributed by atoms with Gasteiger partial charge in [0.1, 0.15) is 0 Å². The summed E-state index contributed by atoms with van der Waals surface area (Å²) in [4.78, 5) is 15.6. The largest absolute Gasteiger partial charge is 0.468 e. The third-order valence-electron chi connectivity index (χ3n) is 6.85. The summed E-state index contributed by atoms with van der Waals surface area (Å²) in [5.41, 5.74) is 4.59. The van der Waals surface area contributed by atoms with Gasteiger partial charge in [0.2, 0.25) is 0 Å². The highest BCUT2D eigenvalue weighted by Gasteiger charge is 2.43. The fraction of sp³-hybridized carbons (Fsp3) is 0.464. The maximum absolute atomic E-state index is 13.0. The van der Waals surface area contributed by atoms with Crippen molar-refractivity contribution < 1.29 is 9.53 Å². The highest BCUT2D eigenvalue weighted by Crippen LogP contribution is 2.39. The van der Waals surface area contributed by atoms with Crippen LogP contribution in [0.15, 0.2) is 58.6 Å². The summed E-state index contributed by atoms with van der Waals surface area (Å²) in [6.07, 6.45) is 6.36. The van der Waals surface area contributed by atoms with Gasteiger partial charge in [0.05, 0.1) is 12.5 Å². The molecule has 3 nitrogen and oxygen atoms in total. The van der Waals surface area contributed by atoms with E-state index < -0.39 is 5.41 Å².